The van der Waals surface area contributed by atoms with Crippen LogP contribution in [0.2, 0.25) is 0 Å². The molecule has 34 heavy (non-hydrogen) atoms. The number of hydrogen-bond donors (Lipinski definition) is 6. The Morgan fingerprint density at radius 3 is 1.79 bits per heavy atom. The van der Waals surface area contributed by atoms with E-state index >= 15 is 0 Å². The second-order valence-electron chi connectivity index (χ2n) is 8.09. The van der Waals surface area contributed by atoms with Crippen molar-refractivity contribution in [3.63, 3.8) is 0 Å². The molecule has 0 aliphatic carbocycles. The Balaban J connectivity index is 1.77. The van der Waals surface area contributed by atoms with Gasteiger partial charge in [0.1, 0.15) is 42.7 Å². The van der Waals surface area contributed by atoms with Gasteiger partial charge in [0.2, 0.25) is 0 Å². The fourth-order valence-corrected chi connectivity index (χ4v) is 3.79. The fraction of sp³-hybridized carbons (Fsp3) is 0.700. The van der Waals surface area contributed by atoms with Crippen molar-refractivity contribution >= 4 is 0 Å². The maximum Gasteiger partial charge on any atom is 0.183 e. The molecule has 14 heteroatoms. The van der Waals surface area contributed by atoms with Crippen LogP contribution < -0.4 is 0 Å². The summed E-state index contributed by atoms with van der Waals surface area (Å²) in [6, 6.07) is 0. The molecule has 0 saturated carbocycles. The molecule has 3 rings (SSSR count). The smallest absolute Gasteiger partial charge is 0.183 e. The Morgan fingerprint density at radius 1 is 0.794 bits per heavy atom. The lowest BCUT2D eigenvalue weighted by Crippen LogP contribution is -2.58. The molecule has 1 aromatic rings. The number of hydrogen-bond acceptors (Lipinski definition) is 10. The van der Waals surface area contributed by atoms with Gasteiger partial charge in [0.05, 0.1) is 43.7 Å². The summed E-state index contributed by atoms with van der Waals surface area (Å²) in [5.74, 6) is -7.31. The summed E-state index contributed by atoms with van der Waals surface area (Å²) in [5.41, 5.74) is -2.35. The first kappa shape index (κ1) is 27.1. The van der Waals surface area contributed by atoms with E-state index in [-0.39, 0.29) is 0 Å². The van der Waals surface area contributed by atoms with Gasteiger partial charge < -0.3 is 49.6 Å². The predicted octanol–water partition coefficient (Wildman–Crippen LogP) is -1.41. The molecule has 6 N–H and O–H groups in total. The summed E-state index contributed by atoms with van der Waals surface area (Å²) in [6.07, 6.45) is -13.2. The van der Waals surface area contributed by atoms with Gasteiger partial charge in [-0.3, -0.25) is 0 Å². The first-order valence-corrected chi connectivity index (χ1v) is 10.3. The van der Waals surface area contributed by atoms with E-state index in [1.807, 2.05) is 0 Å². The van der Waals surface area contributed by atoms with Crippen LogP contribution in [0.25, 0.3) is 0 Å². The summed E-state index contributed by atoms with van der Waals surface area (Å²) < 4.78 is 78.3. The zero-order valence-corrected chi connectivity index (χ0v) is 17.9. The van der Waals surface area contributed by atoms with Crippen molar-refractivity contribution in [3.05, 3.63) is 34.4 Å². The lowest BCUT2D eigenvalue weighted by atomic mass is 9.95. The molecule has 2 heterocycles. The Bertz CT molecular complexity index is 832. The van der Waals surface area contributed by atoms with Crippen molar-refractivity contribution in [3.8, 4) is 0 Å². The molecule has 0 aromatic heterocycles. The average Bonchev–Trinajstić information content (AvgIpc) is 2.81. The molecular weight excluding hydrogens is 476 g/mol. The first-order chi connectivity index (χ1) is 16.0. The predicted molar refractivity (Wildman–Crippen MR) is 101 cm³/mol. The summed E-state index contributed by atoms with van der Waals surface area (Å²) in [7, 11) is 0. The first-order valence-electron chi connectivity index (χ1n) is 10.3. The second-order valence-corrected chi connectivity index (χ2v) is 8.09. The van der Waals surface area contributed by atoms with E-state index in [1.165, 1.54) is 6.92 Å². The quantitative estimate of drug-likeness (QED) is 0.193. The highest BCUT2D eigenvalue weighted by atomic mass is 19.2. The van der Waals surface area contributed by atoms with Crippen LogP contribution in [0.1, 0.15) is 18.1 Å². The van der Waals surface area contributed by atoms with E-state index in [4.69, 9.17) is 14.2 Å². The Kier molecular flexibility index (Phi) is 8.84. The second kappa shape index (κ2) is 11.1. The van der Waals surface area contributed by atoms with Crippen LogP contribution in [-0.4, -0.2) is 99.0 Å². The van der Waals surface area contributed by atoms with Gasteiger partial charge in [0.25, 0.3) is 0 Å². The normalized spacial score (nSPS) is 36.6. The molecule has 194 valence electrons. The summed E-state index contributed by atoms with van der Waals surface area (Å²) in [5, 5.41) is 58.6. The molecule has 0 amide bonds. The summed E-state index contributed by atoms with van der Waals surface area (Å²) >= 11 is 0. The number of halogens is 4. The van der Waals surface area contributed by atoms with Crippen LogP contribution in [-0.2, 0) is 32.2 Å². The number of aliphatic hydroxyl groups excluding tert-OH is 6. The molecule has 0 radical (unpaired) electrons. The van der Waals surface area contributed by atoms with E-state index in [1.54, 1.807) is 0 Å². The highest BCUT2D eigenvalue weighted by Gasteiger charge is 2.44. The van der Waals surface area contributed by atoms with E-state index in [2.05, 4.69) is 4.74 Å². The lowest BCUT2D eigenvalue weighted by Gasteiger charge is -2.41. The SMILES string of the molecule is CC1OC(CO)C(O)C(OCc2c(F)c(F)c(COC3C(O)COC(O)C3O)c(F)c2F)C1O. The molecule has 2 aliphatic heterocycles. The minimum absolute atomic E-state index is 0.466. The monoisotopic (exact) mass is 502 g/mol. The van der Waals surface area contributed by atoms with Gasteiger partial charge in [0.15, 0.2) is 29.6 Å². The largest absolute Gasteiger partial charge is 0.394 e. The molecule has 1 aromatic carbocycles. The minimum atomic E-state index is -1.83. The third-order valence-electron chi connectivity index (χ3n) is 5.84. The van der Waals surface area contributed by atoms with Crippen LogP contribution in [0.15, 0.2) is 0 Å². The van der Waals surface area contributed by atoms with Crippen LogP contribution in [0.5, 0.6) is 0 Å². The summed E-state index contributed by atoms with van der Waals surface area (Å²) in [4.78, 5) is 0. The average molecular weight is 502 g/mol. The van der Waals surface area contributed by atoms with E-state index < -0.39 is 116 Å². The zero-order valence-electron chi connectivity index (χ0n) is 17.9. The Hall–Kier alpha value is -1.46. The van der Waals surface area contributed by atoms with Gasteiger partial charge in [0, 0.05) is 0 Å². The molecule has 0 bridgehead atoms. The molecule has 9 atom stereocenters. The summed E-state index contributed by atoms with van der Waals surface area (Å²) in [6.45, 7) is -1.90. The number of aliphatic hydroxyl groups is 6. The highest BCUT2D eigenvalue weighted by Crippen LogP contribution is 2.29. The van der Waals surface area contributed by atoms with Crippen LogP contribution in [0, 0.1) is 23.3 Å². The Labute approximate surface area is 190 Å². The van der Waals surface area contributed by atoms with Crippen molar-refractivity contribution < 1.29 is 67.1 Å². The lowest BCUT2D eigenvalue weighted by molar-refractivity contribution is -0.264. The van der Waals surface area contributed by atoms with Crippen molar-refractivity contribution in [1.29, 1.82) is 0 Å². The third kappa shape index (κ3) is 5.21. The molecule has 2 saturated heterocycles. The van der Waals surface area contributed by atoms with Crippen LogP contribution in [0.4, 0.5) is 17.6 Å². The van der Waals surface area contributed by atoms with Gasteiger partial charge in [-0.2, -0.15) is 0 Å². The van der Waals surface area contributed by atoms with Crippen molar-refractivity contribution in [1.82, 2.24) is 0 Å². The molecule has 2 aliphatic rings. The van der Waals surface area contributed by atoms with Crippen molar-refractivity contribution in [2.24, 2.45) is 0 Å². The Morgan fingerprint density at radius 2 is 1.29 bits per heavy atom. The number of rotatable bonds is 7. The van der Waals surface area contributed by atoms with Gasteiger partial charge in [-0.1, -0.05) is 0 Å². The van der Waals surface area contributed by atoms with E-state index in [0.717, 1.165) is 0 Å². The zero-order chi connectivity index (χ0) is 25.3. The van der Waals surface area contributed by atoms with Gasteiger partial charge >= 0.3 is 0 Å². The molecule has 0 spiro atoms. The van der Waals surface area contributed by atoms with Crippen LogP contribution >= 0.6 is 0 Å². The standard InChI is InChI=1S/C20H26F4O10/c1-6-15(27)19(16(28)10(2-25)34-6)32-4-8-13(23)11(21)7(12(22)14(8)24)3-31-18-9(26)5-33-20(30)17(18)29/h6,9-10,15-20,25-30H,2-5H2,1H3. The maximum atomic E-state index is 14.6. The fourth-order valence-electron chi connectivity index (χ4n) is 3.79. The maximum absolute atomic E-state index is 14.6. The number of benzene rings is 1. The molecule has 10 nitrogen and oxygen atoms in total. The minimum Gasteiger partial charge on any atom is -0.394 e. The molecule has 2 fully saturated rings. The third-order valence-corrected chi connectivity index (χ3v) is 5.84. The van der Waals surface area contributed by atoms with Crippen molar-refractivity contribution in [2.45, 2.75) is 75.3 Å². The topological polar surface area (TPSA) is 158 Å². The van der Waals surface area contributed by atoms with Gasteiger partial charge in [-0.05, 0) is 6.92 Å². The van der Waals surface area contributed by atoms with E-state index in [9.17, 15) is 48.2 Å². The van der Waals surface area contributed by atoms with E-state index in [0.29, 0.717) is 0 Å². The molecule has 9 unspecified atom stereocenters. The molecular formula is C20H26F4O10. The van der Waals surface area contributed by atoms with Crippen LogP contribution in [0.3, 0.4) is 0 Å². The number of ether oxygens (including phenoxy) is 4. The van der Waals surface area contributed by atoms with Crippen molar-refractivity contribution in [2.75, 3.05) is 13.2 Å². The highest BCUT2D eigenvalue weighted by molar-refractivity contribution is 5.29. The van der Waals surface area contributed by atoms with Gasteiger partial charge in [-0.15, -0.1) is 0 Å². The van der Waals surface area contributed by atoms with Gasteiger partial charge in [-0.25, -0.2) is 17.6 Å².